The molecule has 0 aromatic heterocycles. The molecule has 5 nitrogen and oxygen atoms in total. The fourth-order valence-electron chi connectivity index (χ4n) is 2.71. The Morgan fingerprint density at radius 2 is 1.68 bits per heavy atom. The highest BCUT2D eigenvalue weighted by Crippen LogP contribution is 2.20. The molecule has 2 N–H and O–H groups in total. The molecule has 0 unspecified atom stereocenters. The third-order valence-corrected chi connectivity index (χ3v) is 4.07. The summed E-state index contributed by atoms with van der Waals surface area (Å²) in [5, 5.41) is 11.7. The van der Waals surface area contributed by atoms with Gasteiger partial charge in [0.05, 0.1) is 0 Å². The molecule has 1 heterocycles. The molecule has 0 spiro atoms. The number of carbonyl (C=O) groups is 2. The van der Waals surface area contributed by atoms with Crippen molar-refractivity contribution in [1.82, 2.24) is 5.32 Å². The van der Waals surface area contributed by atoms with Gasteiger partial charge in [-0.25, -0.2) is 4.79 Å². The van der Waals surface area contributed by atoms with Gasteiger partial charge < -0.3 is 15.3 Å². The van der Waals surface area contributed by atoms with E-state index in [0.717, 1.165) is 18.8 Å². The standard InChI is InChI=1S/C17H24N2O3/c1-12(2)15(17(21)22)18-16(20)13-6-8-14(9-7-13)19-10-4-3-5-11-19/h6-9,12,15H,3-5,10-11H2,1-2H3,(H,18,20)(H,21,22)/t15-/m1/s1. The number of aliphatic carboxylic acids is 1. The molecule has 120 valence electrons. The van der Waals surface area contributed by atoms with Crippen LogP contribution >= 0.6 is 0 Å². The van der Waals surface area contributed by atoms with Crippen LogP contribution in [0.1, 0.15) is 43.5 Å². The van der Waals surface area contributed by atoms with Crippen LogP contribution in [0.5, 0.6) is 0 Å². The number of carboxylic acids is 1. The predicted molar refractivity (Wildman–Crippen MR) is 86.2 cm³/mol. The summed E-state index contributed by atoms with van der Waals surface area (Å²) < 4.78 is 0. The number of carboxylic acid groups (broad SMARTS) is 1. The number of carbonyl (C=O) groups excluding carboxylic acids is 1. The first-order chi connectivity index (χ1) is 10.5. The van der Waals surface area contributed by atoms with E-state index >= 15 is 0 Å². The SMILES string of the molecule is CC(C)[C@@H](NC(=O)c1ccc(N2CCCCC2)cc1)C(=O)O. The number of anilines is 1. The fourth-order valence-corrected chi connectivity index (χ4v) is 2.71. The molecule has 22 heavy (non-hydrogen) atoms. The summed E-state index contributed by atoms with van der Waals surface area (Å²) in [4.78, 5) is 25.6. The van der Waals surface area contributed by atoms with Crippen molar-refractivity contribution in [3.63, 3.8) is 0 Å². The van der Waals surface area contributed by atoms with Gasteiger partial charge in [-0.15, -0.1) is 0 Å². The summed E-state index contributed by atoms with van der Waals surface area (Å²) in [6, 6.07) is 6.53. The maximum atomic E-state index is 12.2. The number of nitrogens with one attached hydrogen (secondary N) is 1. The van der Waals surface area contributed by atoms with Gasteiger partial charge in [-0.3, -0.25) is 4.79 Å². The maximum Gasteiger partial charge on any atom is 0.326 e. The average molecular weight is 304 g/mol. The molecule has 1 aliphatic heterocycles. The van der Waals surface area contributed by atoms with E-state index in [2.05, 4.69) is 10.2 Å². The first kappa shape index (κ1) is 16.3. The average Bonchev–Trinajstić information content (AvgIpc) is 2.52. The Hall–Kier alpha value is -2.04. The summed E-state index contributed by atoms with van der Waals surface area (Å²) in [6.45, 7) is 5.66. The van der Waals surface area contributed by atoms with Crippen molar-refractivity contribution in [2.75, 3.05) is 18.0 Å². The second-order valence-corrected chi connectivity index (χ2v) is 6.13. The Morgan fingerprint density at radius 1 is 1.09 bits per heavy atom. The van der Waals surface area contributed by atoms with E-state index in [-0.39, 0.29) is 11.8 Å². The zero-order valence-electron chi connectivity index (χ0n) is 13.2. The van der Waals surface area contributed by atoms with Gasteiger partial charge in [0, 0.05) is 24.3 Å². The molecule has 1 saturated heterocycles. The quantitative estimate of drug-likeness (QED) is 0.877. The molecule has 0 radical (unpaired) electrons. The minimum atomic E-state index is -1.01. The van der Waals surface area contributed by atoms with Crippen molar-refractivity contribution in [3.8, 4) is 0 Å². The van der Waals surface area contributed by atoms with Crippen molar-refractivity contribution in [1.29, 1.82) is 0 Å². The van der Waals surface area contributed by atoms with Crippen LogP contribution in [0.15, 0.2) is 24.3 Å². The lowest BCUT2D eigenvalue weighted by Gasteiger charge is -2.28. The lowest BCUT2D eigenvalue weighted by atomic mass is 10.0. The summed E-state index contributed by atoms with van der Waals surface area (Å²) in [5.41, 5.74) is 1.61. The minimum Gasteiger partial charge on any atom is -0.480 e. The van der Waals surface area contributed by atoms with E-state index in [1.807, 2.05) is 12.1 Å². The molecule has 1 aliphatic rings. The van der Waals surface area contributed by atoms with Crippen molar-refractivity contribution < 1.29 is 14.7 Å². The van der Waals surface area contributed by atoms with Gasteiger partial charge in [-0.2, -0.15) is 0 Å². The Balaban J connectivity index is 2.02. The zero-order chi connectivity index (χ0) is 16.1. The predicted octanol–water partition coefficient (Wildman–Crippen LogP) is 2.52. The van der Waals surface area contributed by atoms with E-state index in [9.17, 15) is 9.59 Å². The molecule has 0 aliphatic carbocycles. The highest BCUT2D eigenvalue weighted by Gasteiger charge is 2.24. The van der Waals surface area contributed by atoms with E-state index in [0.29, 0.717) is 5.56 Å². The summed E-state index contributed by atoms with van der Waals surface area (Å²) >= 11 is 0. The van der Waals surface area contributed by atoms with Crippen molar-refractivity contribution in [3.05, 3.63) is 29.8 Å². The van der Waals surface area contributed by atoms with Crippen LogP contribution in [0.3, 0.4) is 0 Å². The lowest BCUT2D eigenvalue weighted by Crippen LogP contribution is -2.44. The van der Waals surface area contributed by atoms with Crippen molar-refractivity contribution in [2.45, 2.75) is 39.2 Å². The Morgan fingerprint density at radius 3 is 2.18 bits per heavy atom. The minimum absolute atomic E-state index is 0.158. The number of benzene rings is 1. The zero-order valence-corrected chi connectivity index (χ0v) is 13.2. The third-order valence-electron chi connectivity index (χ3n) is 4.07. The lowest BCUT2D eigenvalue weighted by molar-refractivity contribution is -0.140. The van der Waals surface area contributed by atoms with Gasteiger partial charge >= 0.3 is 5.97 Å². The molecule has 2 rings (SSSR count). The smallest absolute Gasteiger partial charge is 0.326 e. The summed E-state index contributed by atoms with van der Waals surface area (Å²) in [5.74, 6) is -1.51. The van der Waals surface area contributed by atoms with Gasteiger partial charge in [0.25, 0.3) is 5.91 Å². The molecule has 1 aromatic carbocycles. The fraction of sp³-hybridized carbons (Fsp3) is 0.529. The molecule has 5 heteroatoms. The van der Waals surface area contributed by atoms with Gasteiger partial charge in [0.15, 0.2) is 0 Å². The van der Waals surface area contributed by atoms with Crippen molar-refractivity contribution >= 4 is 17.6 Å². The first-order valence-corrected chi connectivity index (χ1v) is 7.87. The van der Waals surface area contributed by atoms with Gasteiger partial charge in [-0.05, 0) is 49.4 Å². The van der Waals surface area contributed by atoms with Crippen LogP contribution in [0.4, 0.5) is 5.69 Å². The number of nitrogens with zero attached hydrogens (tertiary/aromatic N) is 1. The van der Waals surface area contributed by atoms with Gasteiger partial charge in [0.2, 0.25) is 0 Å². The van der Waals surface area contributed by atoms with Crippen LogP contribution in [0.2, 0.25) is 0 Å². The Bertz CT molecular complexity index is 519. The number of hydrogen-bond acceptors (Lipinski definition) is 3. The molecular formula is C17H24N2O3. The topological polar surface area (TPSA) is 69.6 Å². The summed E-state index contributed by atoms with van der Waals surface area (Å²) in [6.07, 6.45) is 3.69. The Labute approximate surface area is 131 Å². The molecule has 1 aromatic rings. The van der Waals surface area contributed by atoms with Crippen LogP contribution in [-0.2, 0) is 4.79 Å². The summed E-state index contributed by atoms with van der Waals surface area (Å²) in [7, 11) is 0. The van der Waals surface area contributed by atoms with Gasteiger partial charge in [-0.1, -0.05) is 13.8 Å². The van der Waals surface area contributed by atoms with E-state index in [1.165, 1.54) is 19.3 Å². The number of rotatable bonds is 5. The van der Waals surface area contributed by atoms with E-state index < -0.39 is 12.0 Å². The van der Waals surface area contributed by atoms with Crippen molar-refractivity contribution in [2.24, 2.45) is 5.92 Å². The number of hydrogen-bond donors (Lipinski definition) is 2. The van der Waals surface area contributed by atoms with Crippen LogP contribution in [0.25, 0.3) is 0 Å². The molecular weight excluding hydrogens is 280 g/mol. The van der Waals surface area contributed by atoms with Crippen LogP contribution in [-0.4, -0.2) is 36.1 Å². The second kappa shape index (κ2) is 7.29. The molecule has 0 saturated carbocycles. The number of piperidine rings is 1. The molecule has 1 fully saturated rings. The number of amides is 1. The highest BCUT2D eigenvalue weighted by atomic mass is 16.4. The normalized spacial score (nSPS) is 16.4. The maximum absolute atomic E-state index is 12.2. The van der Waals surface area contributed by atoms with E-state index in [1.54, 1.807) is 26.0 Å². The first-order valence-electron chi connectivity index (χ1n) is 7.87. The molecule has 1 amide bonds. The second-order valence-electron chi connectivity index (χ2n) is 6.13. The largest absolute Gasteiger partial charge is 0.480 e. The van der Waals surface area contributed by atoms with Crippen LogP contribution < -0.4 is 10.2 Å². The monoisotopic (exact) mass is 304 g/mol. The molecule has 0 bridgehead atoms. The molecule has 1 atom stereocenters. The highest BCUT2D eigenvalue weighted by molar-refractivity contribution is 5.96. The third kappa shape index (κ3) is 4.00. The van der Waals surface area contributed by atoms with Gasteiger partial charge in [0.1, 0.15) is 6.04 Å². The van der Waals surface area contributed by atoms with E-state index in [4.69, 9.17) is 5.11 Å². The Kier molecular flexibility index (Phi) is 5.41. The van der Waals surface area contributed by atoms with Crippen LogP contribution in [0, 0.1) is 5.92 Å².